The molecule has 0 aliphatic carbocycles. The third kappa shape index (κ3) is 5.02. The molecule has 11 heteroatoms. The first kappa shape index (κ1) is 30.7. The van der Waals surface area contributed by atoms with Crippen LogP contribution in [0.5, 0.6) is 0 Å². The molecular weight excluding hydrogens is 590 g/mol. The molecule has 0 aromatic heterocycles. The van der Waals surface area contributed by atoms with Crippen molar-refractivity contribution < 1.29 is 38.1 Å². The van der Waals surface area contributed by atoms with Crippen molar-refractivity contribution in [3.8, 4) is 0 Å². The summed E-state index contributed by atoms with van der Waals surface area (Å²) in [6.45, 7) is 0.124. The van der Waals surface area contributed by atoms with E-state index in [-0.39, 0.29) is 36.7 Å². The molecule has 2 unspecified atom stereocenters. The largest absolute Gasteiger partial charge is 0.467 e. The first-order chi connectivity index (χ1) is 22.3. The van der Waals surface area contributed by atoms with Gasteiger partial charge in [0.1, 0.15) is 18.5 Å². The van der Waals surface area contributed by atoms with Crippen molar-refractivity contribution in [2.24, 2.45) is 4.99 Å². The molecule has 3 heterocycles. The van der Waals surface area contributed by atoms with Crippen LogP contribution in [0.4, 0.5) is 5.69 Å². The van der Waals surface area contributed by atoms with Gasteiger partial charge in [0.05, 0.1) is 45.0 Å². The first-order valence-electron chi connectivity index (χ1n) is 14.8. The minimum Gasteiger partial charge on any atom is -0.467 e. The van der Waals surface area contributed by atoms with Gasteiger partial charge in [-0.15, -0.1) is 0 Å². The van der Waals surface area contributed by atoms with Crippen LogP contribution in [0, 0.1) is 0 Å². The molecule has 6 rings (SSSR count). The lowest BCUT2D eigenvalue weighted by Gasteiger charge is -2.40. The summed E-state index contributed by atoms with van der Waals surface area (Å²) >= 11 is 0. The smallest absolute Gasteiger partial charge is 0.357 e. The van der Waals surface area contributed by atoms with Crippen molar-refractivity contribution in [2.75, 3.05) is 32.8 Å². The summed E-state index contributed by atoms with van der Waals surface area (Å²) < 4.78 is 21.3. The van der Waals surface area contributed by atoms with E-state index in [9.17, 15) is 19.2 Å². The Morgan fingerprint density at radius 3 is 2.09 bits per heavy atom. The van der Waals surface area contributed by atoms with Gasteiger partial charge >= 0.3 is 17.9 Å². The van der Waals surface area contributed by atoms with Gasteiger partial charge < -0.3 is 23.8 Å². The summed E-state index contributed by atoms with van der Waals surface area (Å²) in [5.41, 5.74) is 1.76. The van der Waals surface area contributed by atoms with Crippen molar-refractivity contribution in [3.63, 3.8) is 0 Å². The number of benzene rings is 3. The highest BCUT2D eigenvalue weighted by Crippen LogP contribution is 2.58. The van der Waals surface area contributed by atoms with Crippen molar-refractivity contribution in [1.82, 2.24) is 4.90 Å². The fourth-order valence-electron chi connectivity index (χ4n) is 6.86. The number of aliphatic imine (C=N–C) groups is 1. The summed E-state index contributed by atoms with van der Waals surface area (Å²) in [5.74, 6) is -2.74. The predicted octanol–water partition coefficient (Wildman–Crippen LogP) is 3.32. The molecule has 0 bridgehead atoms. The number of hydrogen-bond donors (Lipinski definition) is 0. The van der Waals surface area contributed by atoms with Crippen molar-refractivity contribution in [1.29, 1.82) is 0 Å². The molecule has 1 fully saturated rings. The van der Waals surface area contributed by atoms with Gasteiger partial charge in [-0.1, -0.05) is 78.9 Å². The zero-order chi connectivity index (χ0) is 32.4. The lowest BCUT2D eigenvalue weighted by Crippen LogP contribution is -2.56. The number of fused-ring (bicyclic) bond motifs is 1. The van der Waals surface area contributed by atoms with E-state index in [1.807, 2.05) is 89.8 Å². The van der Waals surface area contributed by atoms with E-state index in [1.54, 1.807) is 0 Å². The van der Waals surface area contributed by atoms with E-state index in [1.165, 1.54) is 26.2 Å². The maximum Gasteiger partial charge on any atom is 0.357 e. The van der Waals surface area contributed by atoms with Crippen LogP contribution >= 0.6 is 0 Å². The Hall–Kier alpha value is -5.29. The lowest BCUT2D eigenvalue weighted by molar-refractivity contribution is -0.150. The molecule has 0 radical (unpaired) electrons. The van der Waals surface area contributed by atoms with E-state index in [2.05, 4.69) is 0 Å². The lowest BCUT2D eigenvalue weighted by atomic mass is 9.69. The fourth-order valence-corrected chi connectivity index (χ4v) is 6.86. The Morgan fingerprint density at radius 1 is 0.804 bits per heavy atom. The Labute approximate surface area is 266 Å². The van der Waals surface area contributed by atoms with Gasteiger partial charge in [0.25, 0.3) is 5.91 Å². The maximum absolute atomic E-state index is 14.1. The number of hydrogen-bond acceptors (Lipinski definition) is 10. The number of methoxy groups -OCH3 is 3. The number of likely N-dealkylation sites (tertiary alicyclic amines) is 1. The number of carbonyl (C=O) groups is 4. The number of para-hydroxylation sites is 1. The van der Waals surface area contributed by atoms with Crippen LogP contribution in [-0.4, -0.2) is 74.6 Å². The van der Waals surface area contributed by atoms with Gasteiger partial charge in [-0.25, -0.2) is 19.4 Å². The molecule has 0 saturated carbocycles. The molecule has 11 nitrogen and oxygen atoms in total. The van der Waals surface area contributed by atoms with E-state index >= 15 is 0 Å². The van der Waals surface area contributed by atoms with Crippen LogP contribution in [0.15, 0.2) is 101 Å². The number of carbonyl (C=O) groups excluding carboxylic acids is 4. The third-order valence-electron chi connectivity index (χ3n) is 8.73. The van der Waals surface area contributed by atoms with Gasteiger partial charge in [0.15, 0.2) is 5.70 Å². The summed E-state index contributed by atoms with van der Waals surface area (Å²) in [5, 5.41) is 0. The second-order valence-electron chi connectivity index (χ2n) is 11.2. The number of nitrogens with zero attached hydrogens (tertiary/aromatic N) is 3. The van der Waals surface area contributed by atoms with Crippen LogP contribution in [0.3, 0.4) is 0 Å². The monoisotopic (exact) mass is 623 g/mol. The Bertz CT molecular complexity index is 1740. The van der Waals surface area contributed by atoms with Crippen LogP contribution in [0.25, 0.3) is 0 Å². The quantitative estimate of drug-likeness (QED) is 0.261. The zero-order valence-electron chi connectivity index (χ0n) is 25.7. The van der Waals surface area contributed by atoms with E-state index in [0.717, 1.165) is 22.4 Å². The number of rotatable bonds is 9. The maximum atomic E-state index is 14.1. The number of ether oxygens (including phenoxy) is 4. The number of amides is 1. The molecule has 3 aromatic carbocycles. The average molecular weight is 624 g/mol. The molecule has 1 saturated heterocycles. The highest BCUT2D eigenvalue weighted by Gasteiger charge is 2.67. The summed E-state index contributed by atoms with van der Waals surface area (Å²) in [6.07, 6.45) is 0.0326. The minimum absolute atomic E-state index is 0.0246. The molecule has 3 aromatic rings. The Kier molecular flexibility index (Phi) is 8.42. The molecule has 3 atom stereocenters. The fraction of sp³-hybridized carbons (Fsp3) is 0.286. The van der Waals surface area contributed by atoms with Gasteiger partial charge in [-0.05, 0) is 29.2 Å². The number of anilines is 1. The topological polar surface area (TPSA) is 124 Å². The highest BCUT2D eigenvalue weighted by atomic mass is 16.5. The normalized spacial score (nSPS) is 21.2. The van der Waals surface area contributed by atoms with Gasteiger partial charge in [0, 0.05) is 12.2 Å². The molecule has 0 N–H and O–H groups in total. The van der Waals surface area contributed by atoms with Crippen molar-refractivity contribution in [2.45, 2.75) is 37.1 Å². The second kappa shape index (κ2) is 12.6. The van der Waals surface area contributed by atoms with Crippen LogP contribution in [0.1, 0.15) is 23.1 Å². The summed E-state index contributed by atoms with van der Waals surface area (Å²) in [4.78, 5) is 62.5. The van der Waals surface area contributed by atoms with E-state index in [4.69, 9.17) is 23.9 Å². The Balaban J connectivity index is 1.54. The number of esters is 3. The van der Waals surface area contributed by atoms with Crippen molar-refractivity contribution >= 4 is 35.3 Å². The molecular formula is C35H33N3O8. The standard InChI is InChI=1S/C35H33N3O8/c1-43-31(40)26-18-35-24-16-10-11-17-25(24)37(19-22-12-6-4-7-13-22)30(35)28(32(41)44-2)29(33(42)45-3)36-34(35)38(26)27(39)21-46-20-23-14-8-5-9-15-23/h4-17,26,30H,18-21H2,1-3H3/t26?,30?,35-/m0/s1. The first-order valence-corrected chi connectivity index (χ1v) is 14.8. The summed E-state index contributed by atoms with van der Waals surface area (Å²) in [6, 6.07) is 24.5. The predicted molar refractivity (Wildman–Crippen MR) is 166 cm³/mol. The molecule has 46 heavy (non-hydrogen) atoms. The molecule has 3 aliphatic heterocycles. The van der Waals surface area contributed by atoms with Crippen LogP contribution in [0.2, 0.25) is 0 Å². The molecule has 1 amide bonds. The SMILES string of the molecule is COC(=O)C1=C(C(=O)OC)C2N(Cc3ccccc3)c3ccccc3[C@@]23CC(C(=O)OC)N(C(=O)COCc2ccccc2)C3=N1. The molecule has 1 spiro atoms. The highest BCUT2D eigenvalue weighted by molar-refractivity contribution is 6.17. The summed E-state index contributed by atoms with van der Waals surface area (Å²) in [7, 11) is 3.66. The second-order valence-corrected chi connectivity index (χ2v) is 11.2. The van der Waals surface area contributed by atoms with Crippen LogP contribution < -0.4 is 4.90 Å². The van der Waals surface area contributed by atoms with E-state index < -0.39 is 41.3 Å². The van der Waals surface area contributed by atoms with Crippen molar-refractivity contribution in [3.05, 3.63) is 113 Å². The van der Waals surface area contributed by atoms with Gasteiger partial charge in [0.2, 0.25) is 0 Å². The van der Waals surface area contributed by atoms with Gasteiger partial charge in [-0.3, -0.25) is 9.69 Å². The molecule has 236 valence electrons. The molecule has 3 aliphatic rings. The van der Waals surface area contributed by atoms with Gasteiger partial charge in [-0.2, -0.15) is 0 Å². The zero-order valence-corrected chi connectivity index (χ0v) is 25.7. The average Bonchev–Trinajstić information content (AvgIpc) is 3.59. The third-order valence-corrected chi connectivity index (χ3v) is 8.73. The van der Waals surface area contributed by atoms with E-state index in [0.29, 0.717) is 6.54 Å². The Morgan fingerprint density at radius 2 is 1.43 bits per heavy atom. The number of amidine groups is 1. The van der Waals surface area contributed by atoms with Crippen LogP contribution in [-0.2, 0) is 56.7 Å². The minimum atomic E-state index is -1.22.